The van der Waals surface area contributed by atoms with Gasteiger partial charge in [0, 0.05) is 24.2 Å². The quantitative estimate of drug-likeness (QED) is 0.416. The summed E-state index contributed by atoms with van der Waals surface area (Å²) in [6.07, 6.45) is 4.30. The van der Waals surface area contributed by atoms with Gasteiger partial charge in [-0.15, -0.1) is 10.2 Å². The van der Waals surface area contributed by atoms with Crippen LogP contribution in [0.15, 0.2) is 70.0 Å². The topological polar surface area (TPSA) is 107 Å². The molecule has 0 bridgehead atoms. The fraction of sp³-hybridized carbons (Fsp3) is 0.269. The van der Waals surface area contributed by atoms with E-state index < -0.39 is 15.7 Å². The molecular weight excluding hydrogens is 464 g/mol. The Labute approximate surface area is 203 Å². The maximum atomic E-state index is 12.9. The van der Waals surface area contributed by atoms with Crippen LogP contribution in [-0.2, 0) is 28.6 Å². The number of hydrogen-bond acceptors (Lipinski definition) is 6. The number of sulfone groups is 1. The van der Waals surface area contributed by atoms with Gasteiger partial charge in [0.15, 0.2) is 21.4 Å². The molecule has 0 saturated carbocycles. The van der Waals surface area contributed by atoms with Crippen molar-refractivity contribution in [2.45, 2.75) is 49.8 Å². The summed E-state index contributed by atoms with van der Waals surface area (Å²) in [6, 6.07) is 17.0. The molecular formula is C26H26N4O4S. The normalized spacial score (nSPS) is 13.7. The molecule has 1 N–H and O–H groups in total. The Balaban J connectivity index is 1.34. The molecule has 5 rings (SSSR count). The number of aromatic nitrogens is 3. The number of fused-ring (bicyclic) bond motifs is 1. The maximum absolute atomic E-state index is 12.9. The number of nitrogens with zero attached hydrogens (tertiary/aromatic N) is 3. The van der Waals surface area contributed by atoms with Crippen molar-refractivity contribution in [3.05, 3.63) is 83.6 Å². The van der Waals surface area contributed by atoms with Crippen LogP contribution in [0.1, 0.15) is 47.0 Å². The van der Waals surface area contributed by atoms with Crippen LogP contribution >= 0.6 is 0 Å². The van der Waals surface area contributed by atoms with Gasteiger partial charge in [-0.1, -0.05) is 36.8 Å². The summed E-state index contributed by atoms with van der Waals surface area (Å²) >= 11 is 0. The zero-order chi connectivity index (χ0) is 24.4. The van der Waals surface area contributed by atoms with Crippen molar-refractivity contribution in [1.29, 1.82) is 0 Å². The molecule has 0 unspecified atom stereocenters. The predicted octanol–water partition coefficient (Wildman–Crippen LogP) is 4.80. The molecule has 1 aliphatic heterocycles. The van der Waals surface area contributed by atoms with Crippen molar-refractivity contribution >= 4 is 21.4 Å². The van der Waals surface area contributed by atoms with E-state index in [0.29, 0.717) is 5.69 Å². The van der Waals surface area contributed by atoms with Crippen LogP contribution in [0, 0.1) is 6.92 Å². The minimum absolute atomic E-state index is 0.0457. The minimum atomic E-state index is -3.57. The Morgan fingerprint density at radius 1 is 1.03 bits per heavy atom. The van der Waals surface area contributed by atoms with Gasteiger partial charge < -0.3 is 14.3 Å². The number of carbonyl (C=O) groups excluding carboxylic acids is 1. The van der Waals surface area contributed by atoms with Gasteiger partial charge in [-0.2, -0.15) is 0 Å². The van der Waals surface area contributed by atoms with Crippen molar-refractivity contribution in [2.75, 3.05) is 5.32 Å². The molecule has 0 spiro atoms. The smallest absolute Gasteiger partial charge is 0.291 e. The molecule has 0 aliphatic carbocycles. The molecule has 4 aromatic rings. The average Bonchev–Trinajstić information content (AvgIpc) is 3.41. The minimum Gasteiger partial charge on any atom is -0.455 e. The number of amides is 1. The molecule has 0 fully saturated rings. The van der Waals surface area contributed by atoms with Crippen molar-refractivity contribution in [3.63, 3.8) is 0 Å². The molecule has 0 atom stereocenters. The largest absolute Gasteiger partial charge is 0.455 e. The van der Waals surface area contributed by atoms with E-state index in [1.807, 2.05) is 25.1 Å². The number of rotatable bonds is 6. The first-order valence-electron chi connectivity index (χ1n) is 11.6. The van der Waals surface area contributed by atoms with Crippen LogP contribution in [0.3, 0.4) is 0 Å². The van der Waals surface area contributed by atoms with Crippen molar-refractivity contribution in [2.24, 2.45) is 0 Å². The van der Waals surface area contributed by atoms with E-state index in [9.17, 15) is 13.2 Å². The van der Waals surface area contributed by atoms with E-state index in [-0.39, 0.29) is 22.2 Å². The summed E-state index contributed by atoms with van der Waals surface area (Å²) in [5.74, 6) is 1.27. The van der Waals surface area contributed by atoms with Gasteiger partial charge in [0.1, 0.15) is 17.3 Å². The van der Waals surface area contributed by atoms with Crippen molar-refractivity contribution in [3.8, 4) is 11.4 Å². The molecule has 180 valence electrons. The van der Waals surface area contributed by atoms with Crippen molar-refractivity contribution < 1.29 is 17.6 Å². The lowest BCUT2D eigenvalue weighted by atomic mass is 10.1. The molecule has 9 heteroatoms. The summed E-state index contributed by atoms with van der Waals surface area (Å²) in [5.41, 5.74) is 2.39. The fourth-order valence-corrected chi connectivity index (χ4v) is 5.52. The number of furan rings is 1. The molecule has 1 amide bonds. The van der Waals surface area contributed by atoms with E-state index >= 15 is 0 Å². The number of anilines is 1. The third-order valence-electron chi connectivity index (χ3n) is 6.17. The Hall–Kier alpha value is -3.72. The van der Waals surface area contributed by atoms with E-state index in [2.05, 4.69) is 20.1 Å². The summed E-state index contributed by atoms with van der Waals surface area (Å²) < 4.78 is 33.0. The molecule has 0 radical (unpaired) electrons. The molecule has 3 heterocycles. The zero-order valence-electron chi connectivity index (χ0n) is 19.4. The first-order chi connectivity index (χ1) is 16.9. The van der Waals surface area contributed by atoms with E-state index in [1.165, 1.54) is 30.7 Å². The second-order valence-corrected chi connectivity index (χ2v) is 10.7. The first kappa shape index (κ1) is 23.0. The lowest BCUT2D eigenvalue weighted by Crippen LogP contribution is -2.12. The first-order valence-corrected chi connectivity index (χ1v) is 13.3. The van der Waals surface area contributed by atoms with Gasteiger partial charge in [-0.25, -0.2) is 8.42 Å². The number of nitrogens with one attached hydrogen (secondary N) is 1. The lowest BCUT2D eigenvalue weighted by Gasteiger charge is -2.11. The number of carbonyl (C=O) groups is 1. The number of aryl methyl sites for hydroxylation is 2. The maximum Gasteiger partial charge on any atom is 0.291 e. The zero-order valence-corrected chi connectivity index (χ0v) is 20.2. The van der Waals surface area contributed by atoms with Crippen LogP contribution in [0.4, 0.5) is 5.69 Å². The molecule has 8 nitrogen and oxygen atoms in total. The molecule has 1 aliphatic rings. The van der Waals surface area contributed by atoms with E-state index in [1.54, 1.807) is 18.2 Å². The second kappa shape index (κ2) is 9.50. The third kappa shape index (κ3) is 4.90. The highest BCUT2D eigenvalue weighted by Gasteiger charge is 2.21. The highest BCUT2D eigenvalue weighted by atomic mass is 32.2. The molecule has 35 heavy (non-hydrogen) atoms. The Morgan fingerprint density at radius 2 is 1.86 bits per heavy atom. The van der Waals surface area contributed by atoms with E-state index in [0.717, 1.165) is 48.6 Å². The standard InChI is InChI=1S/C26H26N4O4S/c1-18-11-12-19(25-29-28-24-10-6-3-7-15-30(24)25)16-22(18)27-26(31)23-14-13-20(34-23)17-35(32,33)21-8-4-2-5-9-21/h2,4-5,8-9,11-14,16H,3,6-7,10,15,17H2,1H3,(H,27,31). The van der Waals surface area contributed by atoms with Crippen LogP contribution in [0.2, 0.25) is 0 Å². The van der Waals surface area contributed by atoms with Gasteiger partial charge in [0.05, 0.1) is 4.90 Å². The van der Waals surface area contributed by atoms with E-state index in [4.69, 9.17) is 4.42 Å². The predicted molar refractivity (Wildman–Crippen MR) is 132 cm³/mol. The average molecular weight is 491 g/mol. The lowest BCUT2D eigenvalue weighted by molar-refractivity contribution is 0.0995. The summed E-state index contributed by atoms with van der Waals surface area (Å²) in [4.78, 5) is 13.1. The third-order valence-corrected chi connectivity index (χ3v) is 7.83. The van der Waals surface area contributed by atoms with Gasteiger partial charge in [0.2, 0.25) is 0 Å². The Morgan fingerprint density at radius 3 is 2.69 bits per heavy atom. The highest BCUT2D eigenvalue weighted by molar-refractivity contribution is 7.90. The van der Waals surface area contributed by atoms with Crippen LogP contribution in [-0.4, -0.2) is 29.1 Å². The van der Waals surface area contributed by atoms with Gasteiger partial charge in [-0.3, -0.25) is 4.79 Å². The Kier molecular flexibility index (Phi) is 6.25. The SMILES string of the molecule is Cc1ccc(-c2nnc3n2CCCCC3)cc1NC(=O)c1ccc(CS(=O)(=O)c2ccccc2)o1. The van der Waals surface area contributed by atoms with Crippen molar-refractivity contribution in [1.82, 2.24) is 14.8 Å². The summed E-state index contributed by atoms with van der Waals surface area (Å²) in [6.45, 7) is 2.79. The van der Waals surface area contributed by atoms with Crippen LogP contribution in [0.5, 0.6) is 0 Å². The number of hydrogen-bond donors (Lipinski definition) is 1. The summed E-state index contributed by atoms with van der Waals surface area (Å²) in [7, 11) is -3.57. The van der Waals surface area contributed by atoms with Crippen LogP contribution in [0.25, 0.3) is 11.4 Å². The fourth-order valence-electron chi connectivity index (χ4n) is 4.25. The van der Waals surface area contributed by atoms with Gasteiger partial charge in [-0.05, 0) is 55.7 Å². The molecule has 2 aromatic heterocycles. The van der Waals surface area contributed by atoms with Gasteiger partial charge >= 0.3 is 0 Å². The van der Waals surface area contributed by atoms with Gasteiger partial charge in [0.25, 0.3) is 5.91 Å². The second-order valence-electron chi connectivity index (χ2n) is 8.72. The molecule has 0 saturated heterocycles. The highest BCUT2D eigenvalue weighted by Crippen LogP contribution is 2.27. The summed E-state index contributed by atoms with van der Waals surface area (Å²) in [5, 5.41) is 11.7. The monoisotopic (exact) mass is 490 g/mol. The number of benzene rings is 2. The Bertz CT molecular complexity index is 1470. The molecule has 2 aromatic carbocycles. The van der Waals surface area contributed by atoms with Crippen LogP contribution < -0.4 is 5.32 Å².